The van der Waals surface area contributed by atoms with Gasteiger partial charge in [0.05, 0.1) is 5.02 Å². The highest BCUT2D eigenvalue weighted by Crippen LogP contribution is 2.46. The summed E-state index contributed by atoms with van der Waals surface area (Å²) in [7, 11) is 0. The molecule has 2 heteroatoms. The molecule has 0 radical (unpaired) electrons. The van der Waals surface area contributed by atoms with Gasteiger partial charge in [-0.05, 0) is 98.0 Å². The second kappa shape index (κ2) is 9.07. The summed E-state index contributed by atoms with van der Waals surface area (Å²) < 4.78 is 15.2. The van der Waals surface area contributed by atoms with Gasteiger partial charge in [0.2, 0.25) is 0 Å². The van der Waals surface area contributed by atoms with Crippen molar-refractivity contribution in [2.24, 2.45) is 23.7 Å². The Hall–Kier alpha value is -0.560. The van der Waals surface area contributed by atoms with Crippen molar-refractivity contribution >= 4 is 11.6 Å². The molecule has 3 saturated carbocycles. The molecular weight excluding hydrogens is 367 g/mol. The van der Waals surface area contributed by atoms with Crippen LogP contribution in [0.1, 0.15) is 114 Å². The monoisotopic (exact) mass is 404 g/mol. The Morgan fingerprint density at radius 1 is 0.643 bits per heavy atom. The number of halogens is 2. The Morgan fingerprint density at radius 3 is 1.61 bits per heavy atom. The normalized spacial score (nSPS) is 37.0. The molecule has 4 rings (SSSR count). The molecule has 3 aliphatic carbocycles. The molecule has 0 amide bonds. The lowest BCUT2D eigenvalue weighted by atomic mass is 9.68. The maximum atomic E-state index is 15.2. The summed E-state index contributed by atoms with van der Waals surface area (Å²) in [5.41, 5.74) is 1.97. The van der Waals surface area contributed by atoms with Crippen LogP contribution in [0.2, 0.25) is 5.02 Å². The third kappa shape index (κ3) is 4.45. The van der Waals surface area contributed by atoms with Crippen molar-refractivity contribution in [2.75, 3.05) is 0 Å². The van der Waals surface area contributed by atoms with E-state index in [1.165, 1.54) is 64.2 Å². The summed E-state index contributed by atoms with van der Waals surface area (Å²) in [4.78, 5) is 0. The Morgan fingerprint density at radius 2 is 1.04 bits per heavy atom. The smallest absolute Gasteiger partial charge is 0.145 e. The van der Waals surface area contributed by atoms with Crippen molar-refractivity contribution in [3.05, 3.63) is 34.1 Å². The van der Waals surface area contributed by atoms with Crippen molar-refractivity contribution in [1.82, 2.24) is 0 Å². The van der Waals surface area contributed by atoms with E-state index in [4.69, 9.17) is 11.6 Å². The van der Waals surface area contributed by atoms with E-state index in [9.17, 15) is 0 Å². The number of hydrogen-bond acceptors (Lipinski definition) is 0. The Labute approximate surface area is 176 Å². The molecule has 0 spiro atoms. The van der Waals surface area contributed by atoms with Gasteiger partial charge in [-0.2, -0.15) is 0 Å². The van der Waals surface area contributed by atoms with Gasteiger partial charge in [0.15, 0.2) is 0 Å². The molecule has 0 unspecified atom stereocenters. The number of benzene rings is 1. The van der Waals surface area contributed by atoms with Gasteiger partial charge < -0.3 is 0 Å². The van der Waals surface area contributed by atoms with Crippen molar-refractivity contribution in [3.8, 4) is 0 Å². The van der Waals surface area contributed by atoms with Crippen LogP contribution >= 0.6 is 11.6 Å². The van der Waals surface area contributed by atoms with E-state index in [1.54, 1.807) is 0 Å². The summed E-state index contributed by atoms with van der Waals surface area (Å²) in [6.07, 6.45) is 15.4. The van der Waals surface area contributed by atoms with Crippen molar-refractivity contribution in [1.29, 1.82) is 0 Å². The first-order valence-corrected chi connectivity index (χ1v) is 12.4. The molecule has 3 aliphatic rings. The van der Waals surface area contributed by atoms with Gasteiger partial charge in [-0.15, -0.1) is 0 Å². The quantitative estimate of drug-likeness (QED) is 0.471. The van der Waals surface area contributed by atoms with Crippen LogP contribution in [0, 0.1) is 29.5 Å². The Kier molecular flexibility index (Phi) is 6.70. The molecule has 0 heterocycles. The molecule has 1 aromatic carbocycles. The highest BCUT2D eigenvalue weighted by molar-refractivity contribution is 6.31. The van der Waals surface area contributed by atoms with Gasteiger partial charge in [0, 0.05) is 0 Å². The van der Waals surface area contributed by atoms with Crippen molar-refractivity contribution in [2.45, 2.75) is 103 Å². The van der Waals surface area contributed by atoms with E-state index in [-0.39, 0.29) is 5.82 Å². The molecule has 0 aliphatic heterocycles. The molecule has 0 nitrogen and oxygen atoms in total. The first-order chi connectivity index (χ1) is 13.5. The first kappa shape index (κ1) is 20.7. The zero-order chi connectivity index (χ0) is 19.7. The summed E-state index contributed by atoms with van der Waals surface area (Å²) in [5.74, 6) is 4.28. The minimum absolute atomic E-state index is 0.109. The van der Waals surface area contributed by atoms with Crippen LogP contribution in [0.3, 0.4) is 0 Å². The van der Waals surface area contributed by atoms with Crippen LogP contribution in [0.25, 0.3) is 0 Å². The fourth-order valence-electron chi connectivity index (χ4n) is 6.44. The summed E-state index contributed by atoms with van der Waals surface area (Å²) in [5, 5.41) is 0.436. The summed E-state index contributed by atoms with van der Waals surface area (Å²) in [6.45, 7) is 4.72. The maximum absolute atomic E-state index is 15.2. The van der Waals surface area contributed by atoms with Crippen LogP contribution in [0.15, 0.2) is 12.1 Å². The van der Waals surface area contributed by atoms with E-state index < -0.39 is 0 Å². The lowest BCUT2D eigenvalue weighted by Gasteiger charge is -2.37. The Bertz CT molecular complexity index is 645. The molecule has 0 N–H and O–H groups in total. The minimum atomic E-state index is -0.109. The fraction of sp³-hybridized carbons (Fsp3) is 0.769. The lowest BCUT2D eigenvalue weighted by molar-refractivity contribution is 0.165. The molecule has 1 aromatic rings. The third-order valence-corrected chi connectivity index (χ3v) is 8.92. The highest BCUT2D eigenvalue weighted by atomic mass is 35.5. The maximum Gasteiger partial charge on any atom is 0.145 e. The molecule has 0 saturated heterocycles. The van der Waals surface area contributed by atoms with E-state index >= 15 is 4.39 Å². The molecule has 28 heavy (non-hydrogen) atoms. The number of rotatable bonds is 3. The van der Waals surface area contributed by atoms with Crippen LogP contribution in [-0.4, -0.2) is 0 Å². The SMILES string of the molecule is CC1CCC(c2ccc(C3CCC(C4CCC(C)CC4)CC3)c(Cl)c2F)CC1. The predicted molar refractivity (Wildman–Crippen MR) is 118 cm³/mol. The predicted octanol–water partition coefficient (Wildman–Crippen LogP) is 8.87. The van der Waals surface area contributed by atoms with E-state index in [2.05, 4.69) is 26.0 Å². The van der Waals surface area contributed by atoms with Gasteiger partial charge in [0.1, 0.15) is 5.82 Å². The van der Waals surface area contributed by atoms with Gasteiger partial charge in [-0.3, -0.25) is 0 Å². The molecular formula is C26H38ClF. The fourth-order valence-corrected chi connectivity index (χ4v) is 6.77. The largest absolute Gasteiger partial charge is 0.205 e. The van der Waals surface area contributed by atoms with Gasteiger partial charge in [-0.1, -0.05) is 63.3 Å². The Balaban J connectivity index is 1.39. The molecule has 3 fully saturated rings. The second-order valence-corrected chi connectivity index (χ2v) is 10.8. The van der Waals surface area contributed by atoms with E-state index in [0.29, 0.717) is 16.9 Å². The van der Waals surface area contributed by atoms with Crippen LogP contribution in [0.5, 0.6) is 0 Å². The van der Waals surface area contributed by atoms with Gasteiger partial charge in [-0.25, -0.2) is 4.39 Å². The third-order valence-electron chi connectivity index (χ3n) is 8.54. The summed E-state index contributed by atoms with van der Waals surface area (Å²) in [6, 6.07) is 4.25. The molecule has 0 bridgehead atoms. The van der Waals surface area contributed by atoms with Gasteiger partial charge in [0.25, 0.3) is 0 Å². The van der Waals surface area contributed by atoms with Crippen LogP contribution in [-0.2, 0) is 0 Å². The van der Waals surface area contributed by atoms with Gasteiger partial charge >= 0.3 is 0 Å². The minimum Gasteiger partial charge on any atom is -0.205 e. The van der Waals surface area contributed by atoms with Crippen LogP contribution in [0.4, 0.5) is 4.39 Å². The zero-order valence-electron chi connectivity index (χ0n) is 17.9. The van der Waals surface area contributed by atoms with E-state index in [0.717, 1.165) is 47.6 Å². The second-order valence-electron chi connectivity index (χ2n) is 10.5. The zero-order valence-corrected chi connectivity index (χ0v) is 18.6. The molecule has 156 valence electrons. The standard InChI is InChI=1S/C26H38ClF/c1-17-3-7-19(8-4-17)20-11-13-21(14-12-20)23-15-16-24(26(28)25(23)27)22-9-5-18(2)6-10-22/h15-22H,3-14H2,1-2H3. The van der Waals surface area contributed by atoms with Crippen molar-refractivity contribution < 1.29 is 4.39 Å². The lowest BCUT2D eigenvalue weighted by Crippen LogP contribution is -2.25. The topological polar surface area (TPSA) is 0 Å². The highest BCUT2D eigenvalue weighted by Gasteiger charge is 2.32. The van der Waals surface area contributed by atoms with Crippen molar-refractivity contribution in [3.63, 3.8) is 0 Å². The summed E-state index contributed by atoms with van der Waals surface area (Å²) >= 11 is 6.61. The average molecular weight is 405 g/mol. The molecule has 0 aromatic heterocycles. The molecule has 0 atom stereocenters. The number of hydrogen-bond donors (Lipinski definition) is 0. The van der Waals surface area contributed by atoms with E-state index in [1.807, 2.05) is 0 Å². The first-order valence-electron chi connectivity index (χ1n) is 12.0. The average Bonchev–Trinajstić information content (AvgIpc) is 2.72. The van der Waals surface area contributed by atoms with Crippen LogP contribution < -0.4 is 0 Å².